The van der Waals surface area contributed by atoms with Gasteiger partial charge in [-0.05, 0) is 30.8 Å². The third kappa shape index (κ3) is 6.37. The smallest absolute Gasteiger partial charge is 0.191 e. The van der Waals surface area contributed by atoms with Crippen LogP contribution in [0, 0.1) is 5.82 Å². The molecule has 0 bridgehead atoms. The predicted octanol–water partition coefficient (Wildman–Crippen LogP) is 2.63. The van der Waals surface area contributed by atoms with Crippen LogP contribution in [0.15, 0.2) is 53.5 Å². The van der Waals surface area contributed by atoms with Crippen molar-refractivity contribution in [2.75, 3.05) is 34.3 Å². The summed E-state index contributed by atoms with van der Waals surface area (Å²) in [6.45, 7) is 3.00. The van der Waals surface area contributed by atoms with Crippen LogP contribution in [-0.4, -0.2) is 45.2 Å². The van der Waals surface area contributed by atoms with Crippen LogP contribution in [0.3, 0.4) is 0 Å². The van der Waals surface area contributed by atoms with Gasteiger partial charge in [0.15, 0.2) is 5.96 Å². The second-order valence-corrected chi connectivity index (χ2v) is 6.03. The van der Waals surface area contributed by atoms with E-state index in [1.54, 1.807) is 14.2 Å². The lowest BCUT2D eigenvalue weighted by molar-refractivity contribution is 0.331. The molecule has 0 aromatic heterocycles. The molecule has 0 radical (unpaired) electrons. The average Bonchev–Trinajstić information content (AvgIpc) is 2.66. The number of guanidine groups is 1. The number of halogens is 1. The van der Waals surface area contributed by atoms with E-state index in [9.17, 15) is 4.39 Å². The Bertz CT molecular complexity index is 703. The maximum Gasteiger partial charge on any atom is 0.191 e. The molecule has 2 rings (SSSR count). The minimum atomic E-state index is -0.206. The second kappa shape index (κ2) is 10.4. The molecule has 2 N–H and O–H groups in total. The highest BCUT2D eigenvalue weighted by Gasteiger charge is 2.04. The first kappa shape index (κ1) is 19.7. The molecule has 6 heteroatoms. The summed E-state index contributed by atoms with van der Waals surface area (Å²) in [4.78, 5) is 6.42. The molecule has 2 aromatic rings. The predicted molar refractivity (Wildman–Crippen MR) is 104 cm³/mol. The fourth-order valence-corrected chi connectivity index (χ4v) is 2.59. The average molecular weight is 358 g/mol. The van der Waals surface area contributed by atoms with E-state index in [1.165, 1.54) is 12.1 Å². The Kier molecular flexibility index (Phi) is 7.89. The van der Waals surface area contributed by atoms with Gasteiger partial charge in [0, 0.05) is 38.8 Å². The van der Waals surface area contributed by atoms with E-state index < -0.39 is 0 Å². The number of nitrogens with zero attached hydrogens (tertiary/aromatic N) is 2. The van der Waals surface area contributed by atoms with Crippen molar-refractivity contribution in [1.82, 2.24) is 15.5 Å². The molecule has 2 aromatic carbocycles. The molecule has 0 spiro atoms. The molecule has 0 aliphatic rings. The number of hydrogen-bond donors (Lipinski definition) is 2. The largest absolute Gasteiger partial charge is 0.496 e. The standard InChI is InChI=1S/C20H27FN4O/c1-22-20(24-14-17-6-4-5-7-19(17)26-3)23-12-13-25(2)15-16-8-10-18(21)11-9-16/h4-11H,12-15H2,1-3H3,(H2,22,23,24). The molecule has 0 saturated carbocycles. The summed E-state index contributed by atoms with van der Waals surface area (Å²) in [5.74, 6) is 1.39. The van der Waals surface area contributed by atoms with Gasteiger partial charge in [0.25, 0.3) is 0 Å². The van der Waals surface area contributed by atoms with Gasteiger partial charge in [-0.25, -0.2) is 4.39 Å². The number of hydrogen-bond acceptors (Lipinski definition) is 3. The molecule has 140 valence electrons. The lowest BCUT2D eigenvalue weighted by Crippen LogP contribution is -2.40. The van der Waals surface area contributed by atoms with Crippen LogP contribution in [0.2, 0.25) is 0 Å². The van der Waals surface area contributed by atoms with E-state index in [2.05, 4.69) is 20.5 Å². The van der Waals surface area contributed by atoms with Gasteiger partial charge in [0.05, 0.1) is 7.11 Å². The van der Waals surface area contributed by atoms with Crippen molar-refractivity contribution in [3.05, 3.63) is 65.5 Å². The third-order valence-electron chi connectivity index (χ3n) is 4.01. The number of methoxy groups -OCH3 is 1. The molecule has 0 saturated heterocycles. The number of ether oxygens (including phenoxy) is 1. The molecule has 0 atom stereocenters. The molecule has 0 unspecified atom stereocenters. The fraction of sp³-hybridized carbons (Fsp3) is 0.350. The highest BCUT2D eigenvalue weighted by molar-refractivity contribution is 5.79. The van der Waals surface area contributed by atoms with E-state index in [1.807, 2.05) is 43.4 Å². The molecule has 0 heterocycles. The molecule has 0 amide bonds. The highest BCUT2D eigenvalue weighted by atomic mass is 19.1. The van der Waals surface area contributed by atoms with E-state index in [0.29, 0.717) is 6.54 Å². The maximum absolute atomic E-state index is 12.9. The Hall–Kier alpha value is -2.60. The van der Waals surface area contributed by atoms with Crippen molar-refractivity contribution < 1.29 is 9.13 Å². The first-order chi connectivity index (χ1) is 12.6. The van der Waals surface area contributed by atoms with E-state index in [-0.39, 0.29) is 5.82 Å². The number of benzene rings is 2. The summed E-state index contributed by atoms with van der Waals surface area (Å²) in [6.07, 6.45) is 0. The maximum atomic E-state index is 12.9. The Balaban J connectivity index is 1.73. The molecule has 0 aliphatic carbocycles. The third-order valence-corrected chi connectivity index (χ3v) is 4.01. The van der Waals surface area contributed by atoms with Gasteiger partial charge in [-0.2, -0.15) is 0 Å². The van der Waals surface area contributed by atoms with Crippen molar-refractivity contribution in [3.8, 4) is 5.75 Å². The molecular formula is C20H27FN4O. The van der Waals surface area contributed by atoms with Gasteiger partial charge in [0.1, 0.15) is 11.6 Å². The van der Waals surface area contributed by atoms with Gasteiger partial charge in [-0.15, -0.1) is 0 Å². The SMILES string of the molecule is CN=C(NCCN(C)Cc1ccc(F)cc1)NCc1ccccc1OC. The summed E-state index contributed by atoms with van der Waals surface area (Å²) >= 11 is 0. The van der Waals surface area contributed by atoms with E-state index >= 15 is 0 Å². The van der Waals surface area contributed by atoms with Crippen LogP contribution in [0.4, 0.5) is 4.39 Å². The number of likely N-dealkylation sites (N-methyl/N-ethyl adjacent to an activating group) is 1. The molecule has 5 nitrogen and oxygen atoms in total. The monoisotopic (exact) mass is 358 g/mol. The van der Waals surface area contributed by atoms with Gasteiger partial charge in [0.2, 0.25) is 0 Å². The molecule has 0 aliphatic heterocycles. The van der Waals surface area contributed by atoms with Gasteiger partial charge in [-0.1, -0.05) is 30.3 Å². The lowest BCUT2D eigenvalue weighted by atomic mass is 10.2. The molecule has 0 fully saturated rings. The first-order valence-corrected chi connectivity index (χ1v) is 8.61. The van der Waals surface area contributed by atoms with Crippen LogP contribution in [0.5, 0.6) is 5.75 Å². The normalized spacial score (nSPS) is 11.5. The highest BCUT2D eigenvalue weighted by Crippen LogP contribution is 2.16. The first-order valence-electron chi connectivity index (χ1n) is 8.61. The van der Waals surface area contributed by atoms with Crippen molar-refractivity contribution in [1.29, 1.82) is 0 Å². The van der Waals surface area contributed by atoms with Crippen LogP contribution >= 0.6 is 0 Å². The minimum absolute atomic E-state index is 0.206. The van der Waals surface area contributed by atoms with Gasteiger partial charge < -0.3 is 20.3 Å². The number of aliphatic imine (C=N–C) groups is 1. The number of rotatable bonds is 8. The van der Waals surface area contributed by atoms with Crippen LogP contribution in [0.25, 0.3) is 0 Å². The van der Waals surface area contributed by atoms with Crippen molar-refractivity contribution >= 4 is 5.96 Å². The van der Waals surface area contributed by atoms with Crippen LogP contribution < -0.4 is 15.4 Å². The lowest BCUT2D eigenvalue weighted by Gasteiger charge is -2.18. The second-order valence-electron chi connectivity index (χ2n) is 6.03. The Morgan fingerprint density at radius 3 is 2.54 bits per heavy atom. The van der Waals surface area contributed by atoms with E-state index in [0.717, 1.165) is 42.5 Å². The zero-order valence-electron chi connectivity index (χ0n) is 15.6. The van der Waals surface area contributed by atoms with Crippen molar-refractivity contribution in [2.24, 2.45) is 4.99 Å². The summed E-state index contributed by atoms with van der Waals surface area (Å²) < 4.78 is 18.3. The Labute approximate surface area is 154 Å². The van der Waals surface area contributed by atoms with Crippen LogP contribution in [0.1, 0.15) is 11.1 Å². The summed E-state index contributed by atoms with van der Waals surface area (Å²) in [7, 11) is 5.46. The minimum Gasteiger partial charge on any atom is -0.496 e. The van der Waals surface area contributed by atoms with E-state index in [4.69, 9.17) is 4.74 Å². The van der Waals surface area contributed by atoms with Crippen LogP contribution in [-0.2, 0) is 13.1 Å². The van der Waals surface area contributed by atoms with Crippen molar-refractivity contribution in [3.63, 3.8) is 0 Å². The van der Waals surface area contributed by atoms with Gasteiger partial charge >= 0.3 is 0 Å². The fourth-order valence-electron chi connectivity index (χ4n) is 2.59. The number of nitrogens with one attached hydrogen (secondary N) is 2. The summed E-state index contributed by atoms with van der Waals surface area (Å²) in [6, 6.07) is 14.5. The zero-order valence-corrected chi connectivity index (χ0v) is 15.6. The quantitative estimate of drug-likeness (QED) is 0.563. The Morgan fingerprint density at radius 1 is 1.12 bits per heavy atom. The zero-order chi connectivity index (χ0) is 18.8. The molecule has 26 heavy (non-hydrogen) atoms. The van der Waals surface area contributed by atoms with Crippen molar-refractivity contribution in [2.45, 2.75) is 13.1 Å². The Morgan fingerprint density at radius 2 is 1.85 bits per heavy atom. The topological polar surface area (TPSA) is 48.9 Å². The summed E-state index contributed by atoms with van der Waals surface area (Å²) in [5, 5.41) is 6.59. The number of para-hydroxylation sites is 1. The summed E-state index contributed by atoms with van der Waals surface area (Å²) in [5.41, 5.74) is 2.17. The van der Waals surface area contributed by atoms with Gasteiger partial charge in [-0.3, -0.25) is 4.99 Å². The molecular weight excluding hydrogens is 331 g/mol.